The third kappa shape index (κ3) is 4.87. The van der Waals surface area contributed by atoms with Crippen molar-refractivity contribution in [3.63, 3.8) is 0 Å². The zero-order chi connectivity index (χ0) is 24.5. The van der Waals surface area contributed by atoms with Crippen LogP contribution in [-0.2, 0) is 0 Å². The molecule has 0 saturated carbocycles. The van der Waals surface area contributed by atoms with Crippen molar-refractivity contribution in [1.82, 2.24) is 10.3 Å². The van der Waals surface area contributed by atoms with Crippen LogP contribution in [0.15, 0.2) is 83.4 Å². The molecule has 2 aromatic heterocycles. The zero-order valence-electron chi connectivity index (χ0n) is 19.1. The first-order chi connectivity index (χ1) is 16.9. The Hall–Kier alpha value is -3.06. The summed E-state index contributed by atoms with van der Waals surface area (Å²) in [6, 6.07) is 22.5. The Balaban J connectivity index is 1.56. The Morgan fingerprint density at radius 1 is 1.03 bits per heavy atom. The number of benzene rings is 2. The Morgan fingerprint density at radius 3 is 2.51 bits per heavy atom. The van der Waals surface area contributed by atoms with Crippen LogP contribution < -0.4 is 15.0 Å². The van der Waals surface area contributed by atoms with Gasteiger partial charge in [-0.3, -0.25) is 4.98 Å². The molecule has 5 nitrogen and oxygen atoms in total. The molecule has 2 atom stereocenters. The van der Waals surface area contributed by atoms with Crippen molar-refractivity contribution in [3.8, 4) is 17.1 Å². The second-order valence-electron chi connectivity index (χ2n) is 8.48. The van der Waals surface area contributed by atoms with E-state index in [1.54, 1.807) is 18.3 Å². The SMILES string of the molecule is CC(C)Oc1ccc(N2C(=S)N[C@H](c3ccccn3)[C@@H]2c2ccc(-c3ccc(Cl)cc3Cl)o2)cc1. The molecular formula is C27H23Cl2N3O2S. The number of furan rings is 1. The zero-order valence-corrected chi connectivity index (χ0v) is 21.4. The Kier molecular flexibility index (Phi) is 6.69. The standard InChI is InChI=1S/C27H23Cl2N3O2S/c1-16(2)33-19-9-7-18(8-10-19)32-26(25(31-27(32)35)22-5-3-4-14-30-22)24-13-12-23(34-24)20-11-6-17(28)15-21(20)29/h3-16,25-26H,1-2H3,(H,31,35)/t25-,26+/m1/s1. The first-order valence-corrected chi connectivity index (χ1v) is 12.4. The van der Waals surface area contributed by atoms with Gasteiger partial charge < -0.3 is 19.4 Å². The second-order valence-corrected chi connectivity index (χ2v) is 9.71. The molecule has 1 aliphatic rings. The maximum Gasteiger partial charge on any atom is 0.174 e. The number of halogens is 2. The van der Waals surface area contributed by atoms with Crippen LogP contribution in [0.4, 0.5) is 5.69 Å². The van der Waals surface area contributed by atoms with E-state index in [0.29, 0.717) is 20.9 Å². The van der Waals surface area contributed by atoms with Crippen LogP contribution in [0, 0.1) is 0 Å². The van der Waals surface area contributed by atoms with Crippen LogP contribution in [0.5, 0.6) is 5.75 Å². The number of aromatic nitrogens is 1. The molecule has 35 heavy (non-hydrogen) atoms. The average molecular weight is 524 g/mol. The fraction of sp³-hybridized carbons (Fsp3) is 0.185. The van der Waals surface area contributed by atoms with Crippen molar-refractivity contribution < 1.29 is 9.15 Å². The Bertz CT molecular complexity index is 1340. The van der Waals surface area contributed by atoms with Gasteiger partial charge in [-0.15, -0.1) is 0 Å². The van der Waals surface area contributed by atoms with Gasteiger partial charge in [0.2, 0.25) is 0 Å². The predicted molar refractivity (Wildman–Crippen MR) is 144 cm³/mol. The van der Waals surface area contributed by atoms with E-state index in [9.17, 15) is 0 Å². The van der Waals surface area contributed by atoms with E-state index in [1.807, 2.05) is 74.5 Å². The van der Waals surface area contributed by atoms with E-state index in [4.69, 9.17) is 44.6 Å². The van der Waals surface area contributed by atoms with Crippen molar-refractivity contribution >= 4 is 46.2 Å². The number of thiocarbonyl (C=S) groups is 1. The molecule has 0 spiro atoms. The number of anilines is 1. The summed E-state index contributed by atoms with van der Waals surface area (Å²) in [4.78, 5) is 6.64. The highest BCUT2D eigenvalue weighted by Gasteiger charge is 2.42. The quantitative estimate of drug-likeness (QED) is 0.262. The molecule has 1 N–H and O–H groups in total. The molecule has 0 amide bonds. The molecule has 1 fully saturated rings. The van der Waals surface area contributed by atoms with Crippen molar-refractivity contribution in [3.05, 3.63) is 100 Å². The number of nitrogens with one attached hydrogen (secondary N) is 1. The summed E-state index contributed by atoms with van der Waals surface area (Å²) in [5.74, 6) is 2.19. The van der Waals surface area contributed by atoms with Crippen LogP contribution in [0.1, 0.15) is 37.4 Å². The molecule has 4 aromatic rings. The lowest BCUT2D eigenvalue weighted by Crippen LogP contribution is -2.29. The van der Waals surface area contributed by atoms with Crippen LogP contribution in [-0.4, -0.2) is 16.2 Å². The maximum absolute atomic E-state index is 6.45. The second kappa shape index (κ2) is 9.90. The monoisotopic (exact) mass is 523 g/mol. The summed E-state index contributed by atoms with van der Waals surface area (Å²) < 4.78 is 12.2. The molecule has 0 unspecified atom stereocenters. The topological polar surface area (TPSA) is 50.5 Å². The fourth-order valence-electron chi connectivity index (χ4n) is 4.23. The number of nitrogens with zero attached hydrogens (tertiary/aromatic N) is 2. The first-order valence-electron chi connectivity index (χ1n) is 11.2. The average Bonchev–Trinajstić information content (AvgIpc) is 3.44. The van der Waals surface area contributed by atoms with E-state index >= 15 is 0 Å². The van der Waals surface area contributed by atoms with E-state index in [-0.39, 0.29) is 18.2 Å². The normalized spacial score (nSPS) is 17.6. The lowest BCUT2D eigenvalue weighted by Gasteiger charge is -2.26. The highest BCUT2D eigenvalue weighted by molar-refractivity contribution is 7.80. The minimum Gasteiger partial charge on any atom is -0.491 e. The molecule has 178 valence electrons. The summed E-state index contributed by atoms with van der Waals surface area (Å²) in [6.45, 7) is 4.00. The van der Waals surface area contributed by atoms with E-state index in [1.165, 1.54) is 0 Å². The predicted octanol–water partition coefficient (Wildman–Crippen LogP) is 7.61. The summed E-state index contributed by atoms with van der Waals surface area (Å²) in [7, 11) is 0. The molecule has 8 heteroatoms. The van der Waals surface area contributed by atoms with Gasteiger partial charge in [-0.2, -0.15) is 0 Å². The van der Waals surface area contributed by atoms with Gasteiger partial charge in [0.25, 0.3) is 0 Å². The highest BCUT2D eigenvalue weighted by atomic mass is 35.5. The minimum atomic E-state index is -0.269. The molecule has 3 heterocycles. The molecule has 0 radical (unpaired) electrons. The lowest BCUT2D eigenvalue weighted by atomic mass is 10.0. The van der Waals surface area contributed by atoms with Crippen molar-refractivity contribution in [2.45, 2.75) is 32.0 Å². The summed E-state index contributed by atoms with van der Waals surface area (Å²) >= 11 is 18.3. The van der Waals surface area contributed by atoms with Gasteiger partial charge in [-0.25, -0.2) is 0 Å². The molecule has 1 aliphatic heterocycles. The number of hydrogen-bond acceptors (Lipinski definition) is 4. The number of ether oxygens (including phenoxy) is 1. The summed E-state index contributed by atoms with van der Waals surface area (Å²) in [6.07, 6.45) is 1.87. The molecule has 0 aliphatic carbocycles. The molecule has 2 aromatic carbocycles. The van der Waals surface area contributed by atoms with Crippen LogP contribution in [0.3, 0.4) is 0 Å². The van der Waals surface area contributed by atoms with Gasteiger partial charge in [0.05, 0.1) is 22.9 Å². The minimum absolute atomic E-state index is 0.0953. The van der Waals surface area contributed by atoms with Crippen molar-refractivity contribution in [2.75, 3.05) is 4.90 Å². The summed E-state index contributed by atoms with van der Waals surface area (Å²) in [5.41, 5.74) is 2.56. The van der Waals surface area contributed by atoms with Crippen LogP contribution >= 0.6 is 35.4 Å². The van der Waals surface area contributed by atoms with Gasteiger partial charge >= 0.3 is 0 Å². The van der Waals surface area contributed by atoms with E-state index in [2.05, 4.69) is 15.2 Å². The Morgan fingerprint density at radius 2 is 1.83 bits per heavy atom. The third-order valence-electron chi connectivity index (χ3n) is 5.70. The number of hydrogen-bond donors (Lipinski definition) is 1. The Labute approximate surface area is 219 Å². The van der Waals surface area contributed by atoms with Gasteiger partial charge in [0.1, 0.15) is 23.3 Å². The molecule has 0 bridgehead atoms. The van der Waals surface area contributed by atoms with E-state index in [0.717, 1.165) is 28.5 Å². The van der Waals surface area contributed by atoms with Gasteiger partial charge in [0.15, 0.2) is 5.11 Å². The van der Waals surface area contributed by atoms with Crippen molar-refractivity contribution in [2.24, 2.45) is 0 Å². The maximum atomic E-state index is 6.45. The molecule has 5 rings (SSSR count). The van der Waals surface area contributed by atoms with Crippen LogP contribution in [0.25, 0.3) is 11.3 Å². The van der Waals surface area contributed by atoms with Gasteiger partial charge in [-0.1, -0.05) is 29.3 Å². The third-order valence-corrected chi connectivity index (χ3v) is 6.56. The first kappa shape index (κ1) is 23.7. The molecular weight excluding hydrogens is 501 g/mol. The summed E-state index contributed by atoms with van der Waals surface area (Å²) in [5, 5.41) is 5.13. The lowest BCUT2D eigenvalue weighted by molar-refractivity contribution is 0.242. The number of rotatable bonds is 6. The largest absolute Gasteiger partial charge is 0.491 e. The fourth-order valence-corrected chi connectivity index (χ4v) is 5.07. The number of pyridine rings is 1. The molecule has 1 saturated heterocycles. The van der Waals surface area contributed by atoms with Gasteiger partial charge in [-0.05, 0) is 92.8 Å². The van der Waals surface area contributed by atoms with Crippen LogP contribution in [0.2, 0.25) is 10.0 Å². The van der Waals surface area contributed by atoms with Crippen molar-refractivity contribution in [1.29, 1.82) is 0 Å². The van der Waals surface area contributed by atoms with Gasteiger partial charge in [0, 0.05) is 22.5 Å². The highest BCUT2D eigenvalue weighted by Crippen LogP contribution is 2.43. The van der Waals surface area contributed by atoms with E-state index < -0.39 is 0 Å². The smallest absolute Gasteiger partial charge is 0.174 e.